The van der Waals surface area contributed by atoms with Crippen molar-refractivity contribution in [3.63, 3.8) is 0 Å². The summed E-state index contributed by atoms with van der Waals surface area (Å²) in [6.07, 6.45) is 1.85. The number of aromatic nitrogens is 2. The molecule has 0 saturated heterocycles. The van der Waals surface area contributed by atoms with Crippen molar-refractivity contribution in [1.82, 2.24) is 9.78 Å². The monoisotopic (exact) mass is 354 g/mol. The molecule has 0 amide bonds. The topological polar surface area (TPSA) is 72.2 Å². The highest BCUT2D eigenvalue weighted by atomic mass is 79.9. The smallest absolute Gasteiger partial charge is 0.360 e. The Bertz CT molecular complexity index is 787. The minimum atomic E-state index is -1.39. The first-order valence-electron chi connectivity index (χ1n) is 6.17. The molecule has 0 spiro atoms. The molecule has 21 heavy (non-hydrogen) atoms. The predicted octanol–water partition coefficient (Wildman–Crippen LogP) is 2.70. The second-order valence-corrected chi connectivity index (χ2v) is 5.34. The molecule has 1 aromatic carbocycles. The van der Waals surface area contributed by atoms with Gasteiger partial charge in [0, 0.05) is 11.8 Å². The number of carboxylic acid groups (broad SMARTS) is 1. The van der Waals surface area contributed by atoms with Gasteiger partial charge in [0.2, 0.25) is 11.1 Å². The van der Waals surface area contributed by atoms with Crippen LogP contribution in [-0.2, 0) is 6.42 Å². The van der Waals surface area contributed by atoms with E-state index in [4.69, 9.17) is 5.11 Å². The molecule has 0 atom stereocenters. The molecule has 1 heterocycles. The van der Waals surface area contributed by atoms with Crippen LogP contribution in [0.2, 0.25) is 0 Å². The van der Waals surface area contributed by atoms with E-state index in [-0.39, 0.29) is 4.47 Å². The van der Waals surface area contributed by atoms with Crippen LogP contribution < -0.4 is 5.43 Å². The molecule has 2 aromatic rings. The molecule has 0 fully saturated rings. The fraction of sp³-hybridized carbons (Fsp3) is 0.214. The van der Waals surface area contributed by atoms with E-state index in [2.05, 4.69) is 21.0 Å². The number of hydrogen-bond donors (Lipinski definition) is 1. The number of nitrogens with zero attached hydrogens (tertiary/aromatic N) is 2. The highest BCUT2D eigenvalue weighted by molar-refractivity contribution is 9.10. The van der Waals surface area contributed by atoms with Gasteiger partial charge in [0.1, 0.15) is 5.82 Å². The molecule has 0 aliphatic carbocycles. The highest BCUT2D eigenvalue weighted by Gasteiger charge is 2.17. The molecule has 0 aliphatic heterocycles. The zero-order chi connectivity index (χ0) is 15.7. The number of hydrogen-bond acceptors (Lipinski definition) is 3. The second-order valence-electron chi connectivity index (χ2n) is 4.49. The summed E-state index contributed by atoms with van der Waals surface area (Å²) in [5.74, 6) is -1.81. The van der Waals surface area contributed by atoms with Crippen LogP contribution in [0, 0.1) is 12.7 Å². The van der Waals surface area contributed by atoms with Crippen molar-refractivity contribution in [3.8, 4) is 5.69 Å². The van der Waals surface area contributed by atoms with Crippen molar-refractivity contribution in [3.05, 3.63) is 55.7 Å². The number of rotatable bonds is 3. The van der Waals surface area contributed by atoms with Gasteiger partial charge in [-0.3, -0.25) is 4.79 Å². The molecule has 7 heteroatoms. The van der Waals surface area contributed by atoms with Crippen molar-refractivity contribution < 1.29 is 14.3 Å². The van der Waals surface area contributed by atoms with Crippen LogP contribution in [0.1, 0.15) is 28.5 Å². The van der Waals surface area contributed by atoms with Gasteiger partial charge >= 0.3 is 5.97 Å². The Kier molecular flexibility index (Phi) is 4.22. The zero-order valence-electron chi connectivity index (χ0n) is 11.4. The van der Waals surface area contributed by atoms with E-state index in [9.17, 15) is 14.0 Å². The van der Waals surface area contributed by atoms with Crippen LogP contribution in [0.15, 0.2) is 27.6 Å². The lowest BCUT2D eigenvalue weighted by atomic mass is 10.1. The summed E-state index contributed by atoms with van der Waals surface area (Å²) in [5.41, 5.74) is 0.266. The molecule has 5 nitrogen and oxygen atoms in total. The fourth-order valence-corrected chi connectivity index (χ4v) is 2.27. The quantitative estimate of drug-likeness (QED) is 0.919. The number of halogens is 2. The van der Waals surface area contributed by atoms with Crippen molar-refractivity contribution in [2.45, 2.75) is 20.3 Å². The van der Waals surface area contributed by atoms with E-state index in [1.165, 1.54) is 23.0 Å². The second kappa shape index (κ2) is 5.77. The Morgan fingerprint density at radius 1 is 1.48 bits per heavy atom. The number of carbonyl (C=O) groups is 1. The first-order valence-corrected chi connectivity index (χ1v) is 6.96. The summed E-state index contributed by atoms with van der Waals surface area (Å²) in [6, 6.07) is 2.80. The standard InChI is InChI=1S/C14H12BrFN2O3/c1-3-8-6-18(17-12(13(8)19)14(20)21)11-5-9(15)10(16)4-7(11)2/h4-6H,3H2,1-2H3,(H,20,21). The molecule has 110 valence electrons. The van der Waals surface area contributed by atoms with E-state index in [1.54, 1.807) is 13.8 Å². The van der Waals surface area contributed by atoms with Crippen molar-refractivity contribution in [1.29, 1.82) is 0 Å². The molecule has 0 radical (unpaired) electrons. The highest BCUT2D eigenvalue weighted by Crippen LogP contribution is 2.23. The third-order valence-electron chi connectivity index (χ3n) is 3.06. The maximum absolute atomic E-state index is 13.5. The van der Waals surface area contributed by atoms with Crippen LogP contribution in [0.3, 0.4) is 0 Å². The van der Waals surface area contributed by atoms with E-state index >= 15 is 0 Å². The lowest BCUT2D eigenvalue weighted by Gasteiger charge is -2.12. The van der Waals surface area contributed by atoms with Crippen molar-refractivity contribution >= 4 is 21.9 Å². The van der Waals surface area contributed by atoms with Gasteiger partial charge < -0.3 is 5.11 Å². The molecule has 0 saturated carbocycles. The molecule has 0 aliphatic rings. The number of aromatic carboxylic acids is 1. The Morgan fingerprint density at radius 2 is 2.14 bits per heavy atom. The summed E-state index contributed by atoms with van der Waals surface area (Å²) in [4.78, 5) is 23.0. The van der Waals surface area contributed by atoms with Gasteiger partial charge in [-0.25, -0.2) is 13.9 Å². The van der Waals surface area contributed by atoms with Gasteiger partial charge in [-0.05, 0) is 47.0 Å². The average Bonchev–Trinajstić information content (AvgIpc) is 2.43. The van der Waals surface area contributed by atoms with Crippen molar-refractivity contribution in [2.75, 3.05) is 0 Å². The SMILES string of the molecule is CCc1cn(-c2cc(Br)c(F)cc2C)nc(C(=O)O)c1=O. The third kappa shape index (κ3) is 2.87. The third-order valence-corrected chi connectivity index (χ3v) is 3.67. The Hall–Kier alpha value is -2.02. The van der Waals surface area contributed by atoms with E-state index < -0.39 is 22.9 Å². The van der Waals surface area contributed by atoms with Crippen LogP contribution >= 0.6 is 15.9 Å². The van der Waals surface area contributed by atoms with Gasteiger partial charge in [-0.1, -0.05) is 6.92 Å². The predicted molar refractivity (Wildman–Crippen MR) is 78.6 cm³/mol. The van der Waals surface area contributed by atoms with Gasteiger partial charge in [0.25, 0.3) is 0 Å². The molecular weight excluding hydrogens is 343 g/mol. The van der Waals surface area contributed by atoms with Gasteiger partial charge in [-0.15, -0.1) is 0 Å². The summed E-state index contributed by atoms with van der Waals surface area (Å²) >= 11 is 3.08. The summed E-state index contributed by atoms with van der Waals surface area (Å²) in [7, 11) is 0. The molecule has 1 N–H and O–H groups in total. The largest absolute Gasteiger partial charge is 0.476 e. The molecule has 0 bridgehead atoms. The maximum atomic E-state index is 13.5. The van der Waals surface area contributed by atoms with Crippen LogP contribution in [0.5, 0.6) is 0 Å². The summed E-state index contributed by atoms with van der Waals surface area (Å²) < 4.78 is 15.0. The maximum Gasteiger partial charge on any atom is 0.360 e. The van der Waals surface area contributed by atoms with Crippen LogP contribution in [0.25, 0.3) is 5.69 Å². The molecule has 1 aromatic heterocycles. The van der Waals surface area contributed by atoms with Crippen LogP contribution in [0.4, 0.5) is 4.39 Å². The lowest BCUT2D eigenvalue weighted by molar-refractivity contribution is 0.0686. The Balaban J connectivity index is 2.76. The summed E-state index contributed by atoms with van der Waals surface area (Å²) in [6.45, 7) is 3.43. The first-order chi connectivity index (χ1) is 9.85. The normalized spacial score (nSPS) is 10.7. The Morgan fingerprint density at radius 3 is 2.71 bits per heavy atom. The minimum absolute atomic E-state index is 0.235. The van der Waals surface area contributed by atoms with E-state index in [0.717, 1.165) is 0 Å². The minimum Gasteiger partial charge on any atom is -0.476 e. The van der Waals surface area contributed by atoms with Crippen molar-refractivity contribution in [2.24, 2.45) is 0 Å². The van der Waals surface area contributed by atoms with Crippen LogP contribution in [-0.4, -0.2) is 20.9 Å². The zero-order valence-corrected chi connectivity index (χ0v) is 12.9. The van der Waals surface area contributed by atoms with E-state index in [1.807, 2.05) is 0 Å². The fourth-order valence-electron chi connectivity index (χ4n) is 1.94. The average molecular weight is 355 g/mol. The number of aryl methyl sites for hydroxylation is 2. The first kappa shape index (κ1) is 15.4. The molecule has 0 unspecified atom stereocenters. The Labute approximate surface area is 128 Å². The van der Waals surface area contributed by atoms with Gasteiger partial charge in [0.05, 0.1) is 10.2 Å². The lowest BCUT2D eigenvalue weighted by Crippen LogP contribution is -2.24. The number of carboxylic acids is 1. The van der Waals surface area contributed by atoms with Gasteiger partial charge in [0.15, 0.2) is 0 Å². The van der Waals surface area contributed by atoms with Gasteiger partial charge in [-0.2, -0.15) is 5.10 Å². The molecular formula is C14H12BrFN2O3. The number of benzene rings is 1. The summed E-state index contributed by atoms with van der Waals surface area (Å²) in [5, 5.41) is 12.9. The van der Waals surface area contributed by atoms with E-state index in [0.29, 0.717) is 23.2 Å². The molecule has 2 rings (SSSR count).